The van der Waals surface area contributed by atoms with Gasteiger partial charge in [0.25, 0.3) is 11.8 Å². The predicted octanol–water partition coefficient (Wildman–Crippen LogP) is 1.34. The number of hydrogen-bond acceptors (Lipinski definition) is 15. The minimum Gasteiger partial charge on any atom is -0.400 e. The van der Waals surface area contributed by atoms with Crippen LogP contribution >= 0.6 is 0 Å². The van der Waals surface area contributed by atoms with Gasteiger partial charge in [-0.1, -0.05) is 39.3 Å². The quantitative estimate of drug-likeness (QED) is 0.0178. The van der Waals surface area contributed by atoms with Crippen LogP contribution in [0.15, 0.2) is 47.7 Å². The van der Waals surface area contributed by atoms with Crippen molar-refractivity contribution in [3.05, 3.63) is 70.5 Å². The van der Waals surface area contributed by atoms with Gasteiger partial charge in [-0.2, -0.15) is 9.97 Å². The summed E-state index contributed by atoms with van der Waals surface area (Å²) >= 11 is 0. The second-order valence-electron chi connectivity index (χ2n) is 9.95. The molecule has 0 fully saturated rings. The number of nitrogens with zero attached hydrogens (tertiary/aromatic N) is 5. The maximum atomic E-state index is 12.9. The van der Waals surface area contributed by atoms with Crippen molar-refractivity contribution in [2.24, 2.45) is 16.7 Å². The van der Waals surface area contributed by atoms with Gasteiger partial charge in [0.15, 0.2) is 22.8 Å². The molecule has 0 radical (unpaired) electrons. The molecule has 2 aromatic heterocycles. The molecule has 2 heterocycles. The molecular weight excluding hydrogens is 656 g/mol. The fraction of sp³-hybridized carbons (Fsp3) is 0.333. The molecular formula is C33H50N14O4. The van der Waals surface area contributed by atoms with Crippen LogP contribution in [0.4, 0.5) is 23.1 Å². The number of aryl methyl sites for hydroxylation is 1. The van der Waals surface area contributed by atoms with Crippen molar-refractivity contribution in [3.8, 4) is 0 Å². The number of rotatable bonds is 13. The Morgan fingerprint density at radius 2 is 1.63 bits per heavy atom. The number of hydrogen-bond donors (Lipinski definition) is 10. The largest absolute Gasteiger partial charge is 0.400 e. The molecule has 2 amide bonds. The highest BCUT2D eigenvalue weighted by Crippen LogP contribution is 2.20. The summed E-state index contributed by atoms with van der Waals surface area (Å²) in [5, 5.41) is 19.4. The molecule has 18 nitrogen and oxygen atoms in total. The Labute approximate surface area is 297 Å². The number of fused-ring (bicyclic) bond motifs is 1. The summed E-state index contributed by atoms with van der Waals surface area (Å²) in [5.41, 5.74) is 29.5. The number of nitrogen functional groups attached to an aromatic ring is 3. The van der Waals surface area contributed by atoms with Crippen LogP contribution in [0, 0.1) is 6.92 Å². The smallest absolute Gasteiger partial charge is 0.253 e. The maximum absolute atomic E-state index is 12.9. The summed E-state index contributed by atoms with van der Waals surface area (Å²) in [5.74, 6) is 4.52. The number of carbonyl (C=O) groups excluding carboxylic acids is 3. The Morgan fingerprint density at radius 3 is 2.27 bits per heavy atom. The lowest BCUT2D eigenvalue weighted by Crippen LogP contribution is -2.37. The minimum absolute atomic E-state index is 0.00956. The third kappa shape index (κ3) is 12.7. The first-order chi connectivity index (χ1) is 24.6. The molecule has 0 aliphatic heterocycles. The van der Waals surface area contributed by atoms with Gasteiger partial charge in [-0.25, -0.2) is 21.3 Å². The van der Waals surface area contributed by atoms with E-state index in [1.165, 1.54) is 6.20 Å². The van der Waals surface area contributed by atoms with Gasteiger partial charge in [0.2, 0.25) is 5.95 Å². The molecule has 4 rings (SSSR count). The van der Waals surface area contributed by atoms with E-state index in [1.54, 1.807) is 36.4 Å². The number of nitrogens with two attached hydrogens (primary N) is 5. The average molecular weight is 707 g/mol. The van der Waals surface area contributed by atoms with Gasteiger partial charge in [0.1, 0.15) is 6.29 Å². The number of aliphatic hydroxyl groups excluding tert-OH is 1. The summed E-state index contributed by atoms with van der Waals surface area (Å²) in [7, 11) is 1.00. The predicted molar refractivity (Wildman–Crippen MR) is 201 cm³/mol. The van der Waals surface area contributed by atoms with Crippen LogP contribution in [0.1, 0.15) is 78.1 Å². The van der Waals surface area contributed by atoms with E-state index in [0.29, 0.717) is 40.7 Å². The fourth-order valence-electron chi connectivity index (χ4n) is 4.38. The minimum atomic E-state index is -0.793. The first-order valence-electron chi connectivity index (χ1n) is 16.2. The third-order valence-corrected chi connectivity index (χ3v) is 6.61. The molecule has 51 heavy (non-hydrogen) atoms. The van der Waals surface area contributed by atoms with Crippen molar-refractivity contribution in [1.82, 2.24) is 36.1 Å². The van der Waals surface area contributed by atoms with Gasteiger partial charge in [0, 0.05) is 30.6 Å². The standard InChI is InChI=1S/C28H34N14O3.2C2H6.CH4O/c1-14-4-6-18(20(9-14)23(30)41-42-33)26(44)34-8-2-3-16(13-43)38-27(45)19-7-5-15(10-21(19)29)35-11-17-12-36-25-22(37-17)24(31)39-28(32)40-25;3*1-2/h4-7,9-10,12-13,16,35,42H,2-3,8,11,29,33H2,1H3,(H2,30,41)(H,34,44)(H,38,45)(H4,31,32,36,39,40);2*1-2H3;2H,1H3. The van der Waals surface area contributed by atoms with Crippen LogP contribution < -0.4 is 50.3 Å². The molecule has 0 spiro atoms. The molecule has 1 unspecified atom stereocenters. The van der Waals surface area contributed by atoms with E-state index in [1.807, 2.05) is 34.6 Å². The number of aliphatic hydroxyl groups is 1. The molecule has 2 aromatic carbocycles. The van der Waals surface area contributed by atoms with Crippen molar-refractivity contribution in [2.75, 3.05) is 36.2 Å². The zero-order chi connectivity index (χ0) is 38.5. The molecule has 0 aliphatic carbocycles. The fourth-order valence-corrected chi connectivity index (χ4v) is 4.38. The van der Waals surface area contributed by atoms with Crippen molar-refractivity contribution in [3.63, 3.8) is 0 Å². The normalized spacial score (nSPS) is 10.9. The van der Waals surface area contributed by atoms with Gasteiger partial charge in [0.05, 0.1) is 35.6 Å². The summed E-state index contributed by atoms with van der Waals surface area (Å²) < 4.78 is 0. The summed E-state index contributed by atoms with van der Waals surface area (Å²) in [6, 6.07) is 9.15. The van der Waals surface area contributed by atoms with E-state index in [0.717, 1.165) is 12.7 Å². The highest BCUT2D eigenvalue weighted by atomic mass is 16.2. The first-order valence-corrected chi connectivity index (χ1v) is 16.2. The van der Waals surface area contributed by atoms with E-state index in [-0.39, 0.29) is 59.9 Å². The SMILES string of the molecule is CC.CC.CO.Cc1ccc(C(=O)NCCCC(C=O)NC(=O)c2ccc(NCc3cnc4nc(N)nc(N)c4n3)cc2N)c(/C(N)=N/NN)c1. The number of nitrogens with one attached hydrogen (secondary N) is 4. The maximum Gasteiger partial charge on any atom is 0.253 e. The third-order valence-electron chi connectivity index (χ3n) is 6.61. The number of amidine groups is 1. The lowest BCUT2D eigenvalue weighted by molar-refractivity contribution is -0.109. The topological polar surface area (TPSA) is 314 Å². The van der Waals surface area contributed by atoms with Gasteiger partial charge in [-0.05, 0) is 50.1 Å². The van der Waals surface area contributed by atoms with Crippen LogP contribution in [-0.2, 0) is 11.3 Å². The van der Waals surface area contributed by atoms with Gasteiger partial charge in [-0.3, -0.25) is 9.59 Å². The Kier molecular flexibility index (Phi) is 18.9. The Balaban J connectivity index is 0.00000206. The summed E-state index contributed by atoms with van der Waals surface area (Å²) in [6.45, 7) is 10.4. The Morgan fingerprint density at radius 1 is 0.941 bits per heavy atom. The molecule has 0 saturated heterocycles. The molecule has 1 atom stereocenters. The van der Waals surface area contributed by atoms with Crippen molar-refractivity contribution in [2.45, 2.75) is 60.0 Å². The van der Waals surface area contributed by atoms with Crippen LogP contribution in [0.2, 0.25) is 0 Å². The van der Waals surface area contributed by atoms with Crippen LogP contribution in [0.5, 0.6) is 0 Å². The number of aromatic nitrogens is 4. The number of aldehydes is 1. The average Bonchev–Trinajstić information content (AvgIpc) is 3.14. The lowest BCUT2D eigenvalue weighted by Gasteiger charge is -2.15. The van der Waals surface area contributed by atoms with Crippen LogP contribution in [0.3, 0.4) is 0 Å². The van der Waals surface area contributed by atoms with Gasteiger partial charge >= 0.3 is 0 Å². The second kappa shape index (κ2) is 22.5. The van der Waals surface area contributed by atoms with E-state index in [4.69, 9.17) is 33.9 Å². The van der Waals surface area contributed by atoms with Crippen LogP contribution in [0.25, 0.3) is 11.2 Å². The highest BCUT2D eigenvalue weighted by molar-refractivity contribution is 6.08. The van der Waals surface area contributed by atoms with Gasteiger partial charge in [-0.15, -0.1) is 5.10 Å². The zero-order valence-electron chi connectivity index (χ0n) is 29.8. The van der Waals surface area contributed by atoms with Crippen LogP contribution in [-0.4, -0.2) is 68.7 Å². The first kappa shape index (κ1) is 42.9. The number of hydrazine groups is 1. The molecule has 4 aromatic rings. The number of anilines is 4. The molecule has 276 valence electrons. The van der Waals surface area contributed by atoms with E-state index < -0.39 is 11.9 Å². The number of hydrazone groups is 1. The molecule has 0 saturated carbocycles. The Bertz CT molecular complexity index is 1770. The molecule has 18 heteroatoms. The number of amides is 2. The van der Waals surface area contributed by atoms with E-state index in [2.05, 4.69) is 46.5 Å². The molecule has 0 aliphatic rings. The summed E-state index contributed by atoms with van der Waals surface area (Å²) in [6.07, 6.45) is 2.86. The molecule has 0 bridgehead atoms. The lowest BCUT2D eigenvalue weighted by atomic mass is 10.0. The highest BCUT2D eigenvalue weighted by Gasteiger charge is 2.17. The van der Waals surface area contributed by atoms with Crippen molar-refractivity contribution in [1.29, 1.82) is 0 Å². The van der Waals surface area contributed by atoms with Gasteiger partial charge < -0.3 is 48.8 Å². The summed E-state index contributed by atoms with van der Waals surface area (Å²) in [4.78, 5) is 53.9. The van der Waals surface area contributed by atoms with Crippen molar-refractivity contribution < 1.29 is 19.5 Å². The van der Waals surface area contributed by atoms with Crippen molar-refractivity contribution >= 4 is 58.2 Å². The zero-order valence-corrected chi connectivity index (χ0v) is 29.8. The van der Waals surface area contributed by atoms with E-state index >= 15 is 0 Å². The second-order valence-corrected chi connectivity index (χ2v) is 9.95. The van der Waals surface area contributed by atoms with E-state index in [9.17, 15) is 14.4 Å². The number of benzene rings is 2. The Hall–Kier alpha value is -6.14. The molecule has 15 N–H and O–H groups in total. The monoisotopic (exact) mass is 706 g/mol. The number of carbonyl (C=O) groups is 3.